The van der Waals surface area contributed by atoms with Crippen molar-refractivity contribution in [2.45, 2.75) is 19.5 Å². The monoisotopic (exact) mass is 315 g/mol. The summed E-state index contributed by atoms with van der Waals surface area (Å²) < 4.78 is 39.9. The Hall–Kier alpha value is -0.650. The maximum absolute atomic E-state index is 11.8. The molecule has 0 aliphatic rings. The molecule has 19 heavy (non-hydrogen) atoms. The summed E-state index contributed by atoms with van der Waals surface area (Å²) >= 11 is 12.0. The molecule has 0 fully saturated rings. The van der Waals surface area contributed by atoms with Crippen molar-refractivity contribution >= 4 is 28.9 Å². The molecule has 0 bridgehead atoms. The molecule has 0 unspecified atom stereocenters. The highest BCUT2D eigenvalue weighted by molar-refractivity contribution is 6.35. The molecule has 0 aliphatic heterocycles. The molecule has 0 saturated heterocycles. The highest BCUT2D eigenvalue weighted by Crippen LogP contribution is 2.28. The van der Waals surface area contributed by atoms with Crippen LogP contribution in [-0.2, 0) is 4.74 Å². The molecule has 0 heterocycles. The van der Waals surface area contributed by atoms with E-state index in [2.05, 4.69) is 10.1 Å². The van der Waals surface area contributed by atoms with Crippen molar-refractivity contribution in [3.05, 3.63) is 27.7 Å². The number of aryl methyl sites for hydroxylation is 1. The minimum absolute atomic E-state index is 0.0315. The van der Waals surface area contributed by atoms with Gasteiger partial charge in [0.1, 0.15) is 6.61 Å². The van der Waals surface area contributed by atoms with E-state index in [9.17, 15) is 13.2 Å². The molecule has 0 radical (unpaired) electrons. The summed E-state index contributed by atoms with van der Waals surface area (Å²) in [6.45, 7) is 1.10. The third-order valence-electron chi connectivity index (χ3n) is 2.29. The van der Waals surface area contributed by atoms with E-state index in [4.69, 9.17) is 23.2 Å². The van der Waals surface area contributed by atoms with Crippen molar-refractivity contribution in [1.29, 1.82) is 0 Å². The molecular formula is C12H14Cl2F3NO. The van der Waals surface area contributed by atoms with Gasteiger partial charge in [0.25, 0.3) is 0 Å². The second kappa shape index (κ2) is 7.22. The van der Waals surface area contributed by atoms with Crippen molar-refractivity contribution < 1.29 is 17.9 Å². The van der Waals surface area contributed by atoms with E-state index in [1.807, 2.05) is 6.92 Å². The lowest BCUT2D eigenvalue weighted by atomic mass is 10.2. The van der Waals surface area contributed by atoms with Crippen LogP contribution >= 0.6 is 23.2 Å². The van der Waals surface area contributed by atoms with Crippen LogP contribution in [0.1, 0.15) is 12.0 Å². The summed E-state index contributed by atoms with van der Waals surface area (Å²) in [6.07, 6.45) is -3.83. The SMILES string of the molecule is Cc1cc(Cl)c(NCCCOCC(F)(F)F)cc1Cl. The van der Waals surface area contributed by atoms with Crippen molar-refractivity contribution in [1.82, 2.24) is 0 Å². The molecule has 0 spiro atoms. The fourth-order valence-corrected chi connectivity index (χ4v) is 1.82. The number of hydrogen-bond acceptors (Lipinski definition) is 2. The standard InChI is InChI=1S/C12H14Cl2F3NO/c1-8-5-10(14)11(6-9(8)13)18-3-2-4-19-7-12(15,16)17/h5-6,18H,2-4,7H2,1H3. The molecule has 1 aromatic carbocycles. The zero-order chi connectivity index (χ0) is 14.5. The first kappa shape index (κ1) is 16.4. The Kier molecular flexibility index (Phi) is 6.23. The van der Waals surface area contributed by atoms with E-state index < -0.39 is 12.8 Å². The van der Waals surface area contributed by atoms with Gasteiger partial charge in [-0.25, -0.2) is 0 Å². The molecule has 0 saturated carbocycles. The molecule has 0 atom stereocenters. The molecular weight excluding hydrogens is 302 g/mol. The number of anilines is 1. The van der Waals surface area contributed by atoms with E-state index in [1.165, 1.54) is 0 Å². The Labute approximate surface area is 119 Å². The fraction of sp³-hybridized carbons (Fsp3) is 0.500. The predicted octanol–water partition coefficient (Wildman–Crippen LogP) is 4.68. The van der Waals surface area contributed by atoms with E-state index in [0.29, 0.717) is 28.7 Å². The molecule has 2 nitrogen and oxygen atoms in total. The highest BCUT2D eigenvalue weighted by Gasteiger charge is 2.27. The Balaban J connectivity index is 2.28. The number of hydrogen-bond donors (Lipinski definition) is 1. The van der Waals surface area contributed by atoms with Gasteiger partial charge in [0.05, 0.1) is 10.7 Å². The zero-order valence-electron chi connectivity index (χ0n) is 10.3. The van der Waals surface area contributed by atoms with Crippen molar-refractivity contribution in [2.75, 3.05) is 25.1 Å². The van der Waals surface area contributed by atoms with Crippen LogP contribution < -0.4 is 5.32 Å². The van der Waals surface area contributed by atoms with Crippen LogP contribution in [-0.4, -0.2) is 25.9 Å². The molecule has 1 N–H and O–H groups in total. The maximum Gasteiger partial charge on any atom is 0.411 e. The van der Waals surface area contributed by atoms with Gasteiger partial charge < -0.3 is 10.1 Å². The first-order valence-electron chi connectivity index (χ1n) is 5.63. The van der Waals surface area contributed by atoms with E-state index in [1.54, 1.807) is 12.1 Å². The van der Waals surface area contributed by atoms with Crippen LogP contribution in [0.25, 0.3) is 0 Å². The van der Waals surface area contributed by atoms with Gasteiger partial charge in [-0.2, -0.15) is 13.2 Å². The third kappa shape index (κ3) is 6.36. The summed E-state index contributed by atoms with van der Waals surface area (Å²) in [5.41, 5.74) is 1.53. The van der Waals surface area contributed by atoms with Crippen LogP contribution in [0.2, 0.25) is 10.0 Å². The van der Waals surface area contributed by atoms with Gasteiger partial charge >= 0.3 is 6.18 Å². The Morgan fingerprint density at radius 2 is 1.89 bits per heavy atom. The van der Waals surface area contributed by atoms with Crippen LogP contribution in [0.3, 0.4) is 0 Å². The number of alkyl halides is 3. The molecule has 0 aliphatic carbocycles. The smallest absolute Gasteiger partial charge is 0.384 e. The van der Waals surface area contributed by atoms with Crippen LogP contribution in [0.4, 0.5) is 18.9 Å². The number of ether oxygens (including phenoxy) is 1. The van der Waals surface area contributed by atoms with Crippen LogP contribution in [0.15, 0.2) is 12.1 Å². The van der Waals surface area contributed by atoms with Crippen LogP contribution in [0, 0.1) is 6.92 Å². The summed E-state index contributed by atoms with van der Waals surface area (Å²) in [6, 6.07) is 3.42. The maximum atomic E-state index is 11.8. The molecule has 7 heteroatoms. The molecule has 0 aromatic heterocycles. The zero-order valence-corrected chi connectivity index (χ0v) is 11.8. The van der Waals surface area contributed by atoms with Gasteiger partial charge in [0, 0.05) is 18.2 Å². The van der Waals surface area contributed by atoms with Gasteiger partial charge in [-0.05, 0) is 31.0 Å². The second-order valence-corrected chi connectivity index (χ2v) is 4.84. The number of rotatable bonds is 6. The highest BCUT2D eigenvalue weighted by atomic mass is 35.5. The van der Waals surface area contributed by atoms with E-state index in [-0.39, 0.29) is 6.61 Å². The Morgan fingerprint density at radius 1 is 1.21 bits per heavy atom. The largest absolute Gasteiger partial charge is 0.411 e. The van der Waals surface area contributed by atoms with E-state index >= 15 is 0 Å². The molecule has 0 amide bonds. The van der Waals surface area contributed by atoms with Gasteiger partial charge in [-0.1, -0.05) is 23.2 Å². The van der Waals surface area contributed by atoms with Gasteiger partial charge in [0.2, 0.25) is 0 Å². The normalized spacial score (nSPS) is 11.7. The van der Waals surface area contributed by atoms with Crippen molar-refractivity contribution in [3.8, 4) is 0 Å². The summed E-state index contributed by atoms with van der Waals surface area (Å²) in [5.74, 6) is 0. The number of nitrogens with one attached hydrogen (secondary N) is 1. The van der Waals surface area contributed by atoms with Gasteiger partial charge in [-0.3, -0.25) is 0 Å². The Bertz CT molecular complexity index is 424. The lowest BCUT2D eigenvalue weighted by Crippen LogP contribution is -2.18. The van der Waals surface area contributed by atoms with Crippen molar-refractivity contribution in [2.24, 2.45) is 0 Å². The topological polar surface area (TPSA) is 21.3 Å². The minimum atomic E-state index is -4.28. The van der Waals surface area contributed by atoms with Crippen molar-refractivity contribution in [3.63, 3.8) is 0 Å². The Morgan fingerprint density at radius 3 is 2.53 bits per heavy atom. The molecule has 1 rings (SSSR count). The predicted molar refractivity (Wildman–Crippen MR) is 71.2 cm³/mol. The average Bonchev–Trinajstić information content (AvgIpc) is 2.28. The first-order valence-corrected chi connectivity index (χ1v) is 6.39. The number of benzene rings is 1. The third-order valence-corrected chi connectivity index (χ3v) is 3.01. The van der Waals surface area contributed by atoms with Gasteiger partial charge in [-0.15, -0.1) is 0 Å². The van der Waals surface area contributed by atoms with Crippen LogP contribution in [0.5, 0.6) is 0 Å². The second-order valence-electron chi connectivity index (χ2n) is 4.03. The molecule has 1 aromatic rings. The minimum Gasteiger partial charge on any atom is -0.384 e. The number of halogens is 5. The quantitative estimate of drug-likeness (QED) is 0.769. The fourth-order valence-electron chi connectivity index (χ4n) is 1.37. The lowest BCUT2D eigenvalue weighted by molar-refractivity contribution is -0.173. The summed E-state index contributed by atoms with van der Waals surface area (Å²) in [4.78, 5) is 0. The summed E-state index contributed by atoms with van der Waals surface area (Å²) in [5, 5.41) is 4.11. The van der Waals surface area contributed by atoms with Gasteiger partial charge in [0.15, 0.2) is 0 Å². The van der Waals surface area contributed by atoms with E-state index in [0.717, 1.165) is 5.56 Å². The lowest BCUT2D eigenvalue weighted by Gasteiger charge is -2.11. The summed E-state index contributed by atoms with van der Waals surface area (Å²) in [7, 11) is 0. The average molecular weight is 316 g/mol. The molecule has 108 valence electrons. The first-order chi connectivity index (χ1) is 8.79.